The maximum Gasteiger partial charge on any atom is 0.323 e. The largest absolute Gasteiger partial charge is 0.480 e. The first-order valence-electron chi connectivity index (χ1n) is 6.06. The second-order valence-corrected chi connectivity index (χ2v) is 4.17. The third-order valence-corrected chi connectivity index (χ3v) is 2.60. The molecule has 5 nitrogen and oxygen atoms in total. The lowest BCUT2D eigenvalue weighted by molar-refractivity contribution is -0.143. The molecule has 0 radical (unpaired) electrons. The number of rotatable bonds is 10. The zero-order chi connectivity index (χ0) is 14.0. The van der Waals surface area contributed by atoms with E-state index < -0.39 is 24.2 Å². The van der Waals surface area contributed by atoms with Crippen molar-refractivity contribution in [2.24, 2.45) is 5.73 Å². The Morgan fingerprint density at radius 2 is 1.89 bits per heavy atom. The summed E-state index contributed by atoms with van der Waals surface area (Å²) in [5.41, 5.74) is 5.18. The van der Waals surface area contributed by atoms with Crippen molar-refractivity contribution in [3.8, 4) is 0 Å². The number of carbonyl (C=O) groups is 1. The number of carboxylic acid groups (broad SMARTS) is 1. The Labute approximate surface area is 106 Å². The molecule has 0 heterocycles. The minimum atomic E-state index is -1.49. The summed E-state index contributed by atoms with van der Waals surface area (Å²) in [4.78, 5) is 10.5. The number of unbranched alkanes of at least 4 members (excludes halogenated alkanes) is 3. The van der Waals surface area contributed by atoms with Gasteiger partial charge in [-0.15, -0.1) is 0 Å². The van der Waals surface area contributed by atoms with E-state index in [0.717, 1.165) is 19.3 Å². The monoisotopic (exact) mass is 263 g/mol. The Morgan fingerprint density at radius 1 is 1.22 bits per heavy atom. The molecule has 0 fully saturated rings. The Kier molecular flexibility index (Phi) is 9.45. The fourth-order valence-electron chi connectivity index (χ4n) is 1.41. The van der Waals surface area contributed by atoms with E-state index in [-0.39, 0.29) is 13.1 Å². The zero-order valence-electron chi connectivity index (χ0n) is 10.3. The number of aliphatic carboxylic acids is 1. The number of nitrogens with two attached hydrogens (primary N) is 1. The summed E-state index contributed by atoms with van der Waals surface area (Å²) in [5, 5.41) is 27.4. The van der Waals surface area contributed by atoms with Gasteiger partial charge in [0.1, 0.15) is 12.1 Å². The third-order valence-electron chi connectivity index (χ3n) is 2.60. The van der Waals surface area contributed by atoms with Gasteiger partial charge in [-0.05, 0) is 25.7 Å². The van der Waals surface area contributed by atoms with Crippen molar-refractivity contribution in [2.75, 3.05) is 6.67 Å². The number of aliphatic hydroxyl groups is 2. The summed E-state index contributed by atoms with van der Waals surface area (Å²) < 4.78 is 11.8. The Hall–Kier alpha value is -0.980. The highest BCUT2D eigenvalue weighted by atomic mass is 19.1. The number of hydrogen-bond donors (Lipinski definition) is 4. The molecule has 5 N–H and O–H groups in total. The van der Waals surface area contributed by atoms with Crippen molar-refractivity contribution in [1.82, 2.24) is 0 Å². The molecule has 0 aliphatic heterocycles. The van der Waals surface area contributed by atoms with Gasteiger partial charge in [0, 0.05) is 0 Å². The molecule has 106 valence electrons. The van der Waals surface area contributed by atoms with Crippen molar-refractivity contribution in [2.45, 2.75) is 50.4 Å². The summed E-state index contributed by atoms with van der Waals surface area (Å²) in [6, 6.07) is -1.49. The highest BCUT2D eigenvalue weighted by Gasteiger charge is 2.27. The molecule has 0 aromatic rings. The summed E-state index contributed by atoms with van der Waals surface area (Å²) in [6.07, 6.45) is 3.96. The van der Waals surface area contributed by atoms with Gasteiger partial charge < -0.3 is 21.1 Å². The van der Waals surface area contributed by atoms with Crippen LogP contribution in [-0.4, -0.2) is 46.2 Å². The number of carboxylic acids is 1. The molecule has 0 aromatic carbocycles. The highest BCUT2D eigenvalue weighted by molar-refractivity contribution is 5.74. The topological polar surface area (TPSA) is 104 Å². The molecular weight excluding hydrogens is 241 g/mol. The van der Waals surface area contributed by atoms with Crippen LogP contribution in [0.25, 0.3) is 0 Å². The molecule has 0 saturated carbocycles. The van der Waals surface area contributed by atoms with E-state index in [4.69, 9.17) is 10.8 Å². The van der Waals surface area contributed by atoms with Crippen molar-refractivity contribution < 1.29 is 24.5 Å². The van der Waals surface area contributed by atoms with Gasteiger partial charge in [-0.25, -0.2) is 0 Å². The molecule has 0 bridgehead atoms. The lowest BCUT2D eigenvalue weighted by atomic mass is 10.0. The Morgan fingerprint density at radius 3 is 2.44 bits per heavy atom. The van der Waals surface area contributed by atoms with Crippen LogP contribution >= 0.6 is 0 Å². The number of aliphatic hydroxyl groups excluding tert-OH is 2. The van der Waals surface area contributed by atoms with E-state index >= 15 is 0 Å². The average Bonchev–Trinajstić information content (AvgIpc) is 2.35. The van der Waals surface area contributed by atoms with Crippen LogP contribution in [0.3, 0.4) is 0 Å². The maximum absolute atomic E-state index is 11.8. The molecule has 0 aliphatic carbocycles. The lowest BCUT2D eigenvalue weighted by Crippen LogP contribution is -2.47. The summed E-state index contributed by atoms with van der Waals surface area (Å²) >= 11 is 0. The van der Waals surface area contributed by atoms with Gasteiger partial charge in [-0.1, -0.05) is 18.6 Å². The lowest BCUT2D eigenvalue weighted by Gasteiger charge is -2.19. The predicted octanol–water partition coefficient (Wildman–Crippen LogP) is 0.596. The fraction of sp³-hybridized carbons (Fsp3) is 0.750. The van der Waals surface area contributed by atoms with Crippen LogP contribution in [-0.2, 0) is 4.79 Å². The molecule has 0 rings (SSSR count). The fourth-order valence-corrected chi connectivity index (χ4v) is 1.41. The summed E-state index contributed by atoms with van der Waals surface area (Å²) in [7, 11) is 0. The van der Waals surface area contributed by atoms with Crippen LogP contribution < -0.4 is 5.73 Å². The molecule has 6 heteroatoms. The molecule has 0 aliphatic rings. The molecule has 18 heavy (non-hydrogen) atoms. The summed E-state index contributed by atoms with van der Waals surface area (Å²) in [6.45, 7) is -0.304. The zero-order valence-corrected chi connectivity index (χ0v) is 10.3. The van der Waals surface area contributed by atoms with Crippen LogP contribution in [0.1, 0.15) is 32.1 Å². The van der Waals surface area contributed by atoms with Crippen molar-refractivity contribution in [3.05, 3.63) is 12.2 Å². The minimum Gasteiger partial charge on any atom is -0.480 e. The van der Waals surface area contributed by atoms with Crippen molar-refractivity contribution >= 4 is 5.97 Å². The van der Waals surface area contributed by atoms with E-state index in [1.165, 1.54) is 0 Å². The van der Waals surface area contributed by atoms with Gasteiger partial charge in [0.25, 0.3) is 0 Å². The Bertz CT molecular complexity index is 260. The van der Waals surface area contributed by atoms with Gasteiger partial charge in [0.15, 0.2) is 0 Å². The number of hydrogen-bond acceptors (Lipinski definition) is 4. The first kappa shape index (κ1) is 17.0. The van der Waals surface area contributed by atoms with Crippen LogP contribution in [0.15, 0.2) is 12.2 Å². The number of allylic oxidation sites excluding steroid dienone is 1. The smallest absolute Gasteiger partial charge is 0.323 e. The van der Waals surface area contributed by atoms with E-state index in [1.54, 1.807) is 6.08 Å². The molecule has 0 spiro atoms. The van der Waals surface area contributed by atoms with E-state index in [2.05, 4.69) is 0 Å². The van der Waals surface area contributed by atoms with Gasteiger partial charge in [-0.3, -0.25) is 9.18 Å². The first-order valence-corrected chi connectivity index (χ1v) is 6.06. The molecule has 3 atom stereocenters. The van der Waals surface area contributed by atoms with Crippen molar-refractivity contribution in [3.63, 3.8) is 0 Å². The van der Waals surface area contributed by atoms with Crippen molar-refractivity contribution in [1.29, 1.82) is 0 Å². The van der Waals surface area contributed by atoms with E-state index in [0.29, 0.717) is 6.42 Å². The minimum absolute atomic E-state index is 0.144. The van der Waals surface area contributed by atoms with Crippen LogP contribution in [0, 0.1) is 0 Å². The molecule has 0 aromatic heterocycles. The van der Waals surface area contributed by atoms with Gasteiger partial charge in [0.2, 0.25) is 0 Å². The van der Waals surface area contributed by atoms with E-state index in [1.807, 2.05) is 6.08 Å². The second-order valence-electron chi connectivity index (χ2n) is 4.17. The number of halogens is 1. The van der Waals surface area contributed by atoms with E-state index in [9.17, 15) is 19.4 Å². The molecule has 0 amide bonds. The molecule has 0 saturated heterocycles. The van der Waals surface area contributed by atoms with Gasteiger partial charge in [0.05, 0.1) is 12.8 Å². The average molecular weight is 263 g/mol. The number of alkyl halides is 1. The highest BCUT2D eigenvalue weighted by Crippen LogP contribution is 2.06. The van der Waals surface area contributed by atoms with Crippen LogP contribution in [0.2, 0.25) is 0 Å². The normalized spacial score (nSPS) is 16.7. The Balaban J connectivity index is 3.77. The van der Waals surface area contributed by atoms with Crippen LogP contribution in [0.5, 0.6) is 0 Å². The van der Waals surface area contributed by atoms with Crippen LogP contribution in [0.4, 0.5) is 4.39 Å². The maximum atomic E-state index is 11.8. The summed E-state index contributed by atoms with van der Waals surface area (Å²) in [5.74, 6) is -1.35. The first-order chi connectivity index (χ1) is 8.50. The molecule has 3 unspecified atom stereocenters. The third kappa shape index (κ3) is 7.37. The standard InChI is InChI=1S/C12H22FNO4/c13-8-6-4-2-1-3-5-7-9(15)11(16)10(14)12(17)18/h3,5,9-11,15-16H,1-2,4,6-8,14H2,(H,17,18). The van der Waals surface area contributed by atoms with Gasteiger partial charge in [-0.2, -0.15) is 0 Å². The quantitative estimate of drug-likeness (QED) is 0.341. The van der Waals surface area contributed by atoms with Gasteiger partial charge >= 0.3 is 5.97 Å². The molecular formula is C12H22FNO4. The predicted molar refractivity (Wildman–Crippen MR) is 65.8 cm³/mol. The second kappa shape index (κ2) is 9.99. The SMILES string of the molecule is NC(C(=O)O)C(O)C(O)CC=CCCCCCF.